The third-order valence-electron chi connectivity index (χ3n) is 6.05. The minimum atomic E-state index is -0.578. The summed E-state index contributed by atoms with van der Waals surface area (Å²) in [5.41, 5.74) is 2.57. The number of rotatable bonds is 9. The molecule has 1 amide bonds. The highest BCUT2D eigenvalue weighted by Crippen LogP contribution is 2.35. The van der Waals surface area contributed by atoms with E-state index >= 15 is 0 Å². The number of ether oxygens (including phenoxy) is 1. The Morgan fingerprint density at radius 3 is 2.62 bits per heavy atom. The summed E-state index contributed by atoms with van der Waals surface area (Å²) in [7, 11) is 8.80. The van der Waals surface area contributed by atoms with Gasteiger partial charge in [0.25, 0.3) is 11.6 Å². The molecule has 37 heavy (non-hydrogen) atoms. The van der Waals surface area contributed by atoms with E-state index in [0.717, 1.165) is 16.5 Å². The molecule has 2 aromatic heterocycles. The van der Waals surface area contributed by atoms with Crippen LogP contribution in [0.25, 0.3) is 22.2 Å². The van der Waals surface area contributed by atoms with Gasteiger partial charge in [0.1, 0.15) is 11.3 Å². The lowest BCUT2D eigenvalue weighted by Gasteiger charge is -2.20. The fourth-order valence-electron chi connectivity index (χ4n) is 4.05. The second kappa shape index (κ2) is 10.6. The number of hydrogen-bond acceptors (Lipinski definition) is 8. The number of nitrogens with one attached hydrogen (secondary N) is 1. The first-order chi connectivity index (χ1) is 17.7. The van der Waals surface area contributed by atoms with Gasteiger partial charge in [0.15, 0.2) is 0 Å². The number of aromatic nitrogens is 3. The Kier molecular flexibility index (Phi) is 7.35. The molecule has 1 N–H and O–H groups in total. The third-order valence-corrected chi connectivity index (χ3v) is 6.05. The van der Waals surface area contributed by atoms with Crippen LogP contribution in [0, 0.1) is 10.1 Å². The van der Waals surface area contributed by atoms with Crippen LogP contribution in [0.4, 0.5) is 17.3 Å². The highest BCUT2D eigenvalue weighted by Gasteiger charge is 2.26. The number of aryl methyl sites for hydroxylation is 1. The Morgan fingerprint density at radius 2 is 1.92 bits per heavy atom. The summed E-state index contributed by atoms with van der Waals surface area (Å²) >= 11 is 0. The number of anilines is 2. The van der Waals surface area contributed by atoms with Crippen LogP contribution < -0.4 is 10.1 Å². The summed E-state index contributed by atoms with van der Waals surface area (Å²) in [6.07, 6.45) is 3.61. The summed E-state index contributed by atoms with van der Waals surface area (Å²) in [6.45, 7) is 1.04. The number of nitrogens with zero attached hydrogens (tertiary/aromatic N) is 6. The van der Waals surface area contributed by atoms with Crippen LogP contribution in [0.2, 0.25) is 0 Å². The van der Waals surface area contributed by atoms with Gasteiger partial charge in [0.05, 0.1) is 23.4 Å². The van der Waals surface area contributed by atoms with Gasteiger partial charge < -0.3 is 24.4 Å². The molecular weight excluding hydrogens is 474 g/mol. The maximum Gasteiger partial charge on any atom is 0.284 e. The molecular formula is C26H29N7O4. The quantitative estimate of drug-likeness (QED) is 0.270. The number of amides is 1. The molecule has 0 aliphatic heterocycles. The number of methoxy groups -OCH3 is 1. The SMILES string of the molecule is COc1cc(C(=O)N(C)CCN(C)C)c([N+](=O)[O-])cc1Nc1nccc(-c2cn(C)c3ccccc23)n1. The van der Waals surface area contributed by atoms with Gasteiger partial charge in [-0.15, -0.1) is 0 Å². The fraction of sp³-hybridized carbons (Fsp3) is 0.269. The summed E-state index contributed by atoms with van der Waals surface area (Å²) in [5.74, 6) is 0.0296. The Balaban J connectivity index is 1.69. The molecule has 2 heterocycles. The number of para-hydroxylation sites is 1. The van der Waals surface area contributed by atoms with Crippen LogP contribution in [0.15, 0.2) is 54.9 Å². The zero-order chi connectivity index (χ0) is 26.7. The molecule has 4 rings (SSSR count). The lowest BCUT2D eigenvalue weighted by atomic mass is 10.1. The standard InChI is InChI=1S/C26H29N7O4/c1-30(2)12-13-31(3)25(34)18-14-24(37-5)21(15-23(18)33(35)36)29-26-27-11-10-20(28-26)19-16-32(4)22-9-7-6-8-17(19)22/h6-11,14-16H,12-13H2,1-5H3,(H,27,28,29). The van der Waals surface area contributed by atoms with E-state index in [2.05, 4.69) is 15.3 Å². The maximum absolute atomic E-state index is 13.0. The van der Waals surface area contributed by atoms with Crippen molar-refractivity contribution in [2.24, 2.45) is 7.05 Å². The Bertz CT molecular complexity index is 1460. The number of nitro groups is 1. The average Bonchev–Trinajstić information content (AvgIpc) is 3.23. The number of carbonyl (C=O) groups is 1. The van der Waals surface area contributed by atoms with Crippen LogP contribution in [-0.4, -0.2) is 76.5 Å². The number of carbonyl (C=O) groups excluding carboxylic acids is 1. The molecule has 0 aliphatic rings. The van der Waals surface area contributed by atoms with E-state index < -0.39 is 10.8 Å². The van der Waals surface area contributed by atoms with Gasteiger partial charge in [-0.1, -0.05) is 18.2 Å². The van der Waals surface area contributed by atoms with Crippen molar-refractivity contribution in [2.45, 2.75) is 0 Å². The highest BCUT2D eigenvalue weighted by atomic mass is 16.6. The zero-order valence-electron chi connectivity index (χ0n) is 21.4. The monoisotopic (exact) mass is 503 g/mol. The first-order valence-corrected chi connectivity index (χ1v) is 11.6. The molecule has 4 aromatic rings. The molecule has 0 atom stereocenters. The fourth-order valence-corrected chi connectivity index (χ4v) is 4.05. The third kappa shape index (κ3) is 5.36. The molecule has 0 radical (unpaired) electrons. The molecule has 0 fully saturated rings. The zero-order valence-corrected chi connectivity index (χ0v) is 21.4. The number of benzene rings is 2. The second-order valence-electron chi connectivity index (χ2n) is 8.92. The molecule has 2 aromatic carbocycles. The predicted molar refractivity (Wildman–Crippen MR) is 142 cm³/mol. The van der Waals surface area contributed by atoms with Crippen molar-refractivity contribution in [2.75, 3.05) is 46.7 Å². The van der Waals surface area contributed by atoms with E-state index in [-0.39, 0.29) is 28.6 Å². The average molecular weight is 504 g/mol. The Hall–Kier alpha value is -4.51. The number of hydrogen-bond donors (Lipinski definition) is 1. The molecule has 0 spiro atoms. The van der Waals surface area contributed by atoms with Crippen LogP contribution in [-0.2, 0) is 7.05 Å². The highest BCUT2D eigenvalue weighted by molar-refractivity contribution is 6.00. The molecule has 0 saturated heterocycles. The molecule has 0 unspecified atom stereocenters. The molecule has 0 bridgehead atoms. The van der Waals surface area contributed by atoms with Gasteiger partial charge in [0, 0.05) is 68.2 Å². The van der Waals surface area contributed by atoms with E-state index in [0.29, 0.717) is 18.8 Å². The van der Waals surface area contributed by atoms with E-state index in [1.807, 2.05) is 61.1 Å². The van der Waals surface area contributed by atoms with E-state index in [1.54, 1.807) is 19.3 Å². The van der Waals surface area contributed by atoms with Gasteiger partial charge >= 0.3 is 0 Å². The second-order valence-corrected chi connectivity index (χ2v) is 8.92. The molecule has 192 valence electrons. The van der Waals surface area contributed by atoms with Crippen molar-refractivity contribution < 1.29 is 14.5 Å². The number of fused-ring (bicyclic) bond motifs is 1. The van der Waals surface area contributed by atoms with Gasteiger partial charge in [-0.2, -0.15) is 0 Å². The lowest BCUT2D eigenvalue weighted by Crippen LogP contribution is -2.33. The van der Waals surface area contributed by atoms with Crippen molar-refractivity contribution in [3.05, 3.63) is 70.5 Å². The van der Waals surface area contributed by atoms with Crippen molar-refractivity contribution in [3.63, 3.8) is 0 Å². The van der Waals surface area contributed by atoms with Gasteiger partial charge in [-0.3, -0.25) is 14.9 Å². The molecule has 11 heteroatoms. The van der Waals surface area contributed by atoms with Crippen LogP contribution >= 0.6 is 0 Å². The Labute approximate surface area is 214 Å². The summed E-state index contributed by atoms with van der Waals surface area (Å²) in [5, 5.41) is 16.0. The lowest BCUT2D eigenvalue weighted by molar-refractivity contribution is -0.385. The minimum absolute atomic E-state index is 0.0564. The largest absolute Gasteiger partial charge is 0.495 e. The smallest absolute Gasteiger partial charge is 0.284 e. The molecule has 0 aliphatic carbocycles. The van der Waals surface area contributed by atoms with Gasteiger partial charge in [0.2, 0.25) is 5.95 Å². The van der Waals surface area contributed by atoms with Gasteiger partial charge in [-0.05, 0) is 26.2 Å². The molecule has 11 nitrogen and oxygen atoms in total. The first kappa shape index (κ1) is 25.6. The summed E-state index contributed by atoms with van der Waals surface area (Å²) < 4.78 is 7.50. The normalized spacial score (nSPS) is 11.1. The first-order valence-electron chi connectivity index (χ1n) is 11.6. The van der Waals surface area contributed by atoms with E-state index in [9.17, 15) is 14.9 Å². The van der Waals surface area contributed by atoms with Crippen molar-refractivity contribution >= 4 is 34.1 Å². The van der Waals surface area contributed by atoms with E-state index in [1.165, 1.54) is 24.1 Å². The summed E-state index contributed by atoms with van der Waals surface area (Å²) in [6, 6.07) is 12.5. The van der Waals surface area contributed by atoms with Crippen molar-refractivity contribution in [3.8, 4) is 17.0 Å². The van der Waals surface area contributed by atoms with Crippen molar-refractivity contribution in [1.29, 1.82) is 0 Å². The summed E-state index contributed by atoms with van der Waals surface area (Å²) in [4.78, 5) is 36.7. The molecule has 0 saturated carbocycles. The number of likely N-dealkylation sites (N-methyl/N-ethyl adjacent to an activating group) is 2. The minimum Gasteiger partial charge on any atom is -0.495 e. The predicted octanol–water partition coefficient (Wildman–Crippen LogP) is 3.93. The van der Waals surface area contributed by atoms with Gasteiger partial charge in [-0.25, -0.2) is 9.97 Å². The number of nitro benzene ring substituents is 1. The van der Waals surface area contributed by atoms with Crippen LogP contribution in [0.5, 0.6) is 5.75 Å². The van der Waals surface area contributed by atoms with Crippen LogP contribution in [0.3, 0.4) is 0 Å². The van der Waals surface area contributed by atoms with E-state index in [4.69, 9.17) is 4.74 Å². The van der Waals surface area contributed by atoms with Crippen LogP contribution in [0.1, 0.15) is 10.4 Å². The topological polar surface area (TPSA) is 119 Å². The Morgan fingerprint density at radius 1 is 1.16 bits per heavy atom. The maximum atomic E-state index is 13.0. The van der Waals surface area contributed by atoms with Crippen molar-refractivity contribution in [1.82, 2.24) is 24.3 Å².